The monoisotopic (exact) mass is 450 g/mol. The number of halogens is 5. The topological polar surface area (TPSA) is 17.8 Å². The van der Waals surface area contributed by atoms with E-state index in [0.29, 0.717) is 16.9 Å². The lowest BCUT2D eigenvalue weighted by Gasteiger charge is -2.11. The summed E-state index contributed by atoms with van der Waals surface area (Å²) in [5.41, 5.74) is 2.07. The van der Waals surface area contributed by atoms with Crippen molar-refractivity contribution in [2.45, 2.75) is 5.88 Å². The normalized spacial score (nSPS) is 11.3. The van der Waals surface area contributed by atoms with Crippen LogP contribution in [0.4, 0.5) is 4.39 Å². The first-order valence-electron chi connectivity index (χ1n) is 5.89. The summed E-state index contributed by atoms with van der Waals surface area (Å²) in [6, 6.07) is 8.63. The average Bonchev–Trinajstić information content (AvgIpc) is 2.79. The minimum Gasteiger partial charge on any atom is -0.294 e. The first-order valence-corrected chi connectivity index (χ1v) is 8.39. The minimum atomic E-state index is -0.497. The van der Waals surface area contributed by atoms with Crippen molar-refractivity contribution < 1.29 is 4.39 Å². The van der Waals surface area contributed by atoms with Gasteiger partial charge >= 0.3 is 0 Å². The summed E-state index contributed by atoms with van der Waals surface area (Å²) in [4.78, 5) is 4.38. The lowest BCUT2D eigenvalue weighted by Crippen LogP contribution is -2.00. The maximum Gasteiger partial charge on any atom is 0.144 e. The number of imidazole rings is 1. The molecule has 0 aliphatic carbocycles. The molecule has 1 aromatic heterocycles. The molecule has 0 radical (unpaired) electrons. The van der Waals surface area contributed by atoms with Crippen LogP contribution in [0.15, 0.2) is 39.3 Å². The van der Waals surface area contributed by atoms with Gasteiger partial charge < -0.3 is 0 Å². The van der Waals surface area contributed by atoms with E-state index in [1.54, 1.807) is 6.07 Å². The Balaban J connectivity index is 2.40. The van der Waals surface area contributed by atoms with Gasteiger partial charge in [0.15, 0.2) is 0 Å². The maximum atomic E-state index is 13.6. The van der Waals surface area contributed by atoms with Crippen molar-refractivity contribution in [1.82, 2.24) is 9.55 Å². The van der Waals surface area contributed by atoms with Gasteiger partial charge in [-0.25, -0.2) is 9.37 Å². The number of hydrogen-bond acceptors (Lipinski definition) is 1. The van der Waals surface area contributed by atoms with Crippen LogP contribution >= 0.6 is 55.1 Å². The molecule has 2 aromatic carbocycles. The molecule has 0 saturated heterocycles. The van der Waals surface area contributed by atoms with Gasteiger partial charge in [0, 0.05) is 15.0 Å². The van der Waals surface area contributed by atoms with Crippen LogP contribution in [0.3, 0.4) is 0 Å². The highest BCUT2D eigenvalue weighted by Gasteiger charge is 2.16. The SMILES string of the molecule is Fc1cc2nc(CCl)n(-c3cc(Br)ccc3Br)c2cc1Cl. The Morgan fingerprint density at radius 3 is 2.67 bits per heavy atom. The van der Waals surface area contributed by atoms with E-state index < -0.39 is 5.82 Å². The molecular formula is C14H7Br2Cl2FN2. The second-order valence-electron chi connectivity index (χ2n) is 4.35. The molecule has 2 nitrogen and oxygen atoms in total. The molecule has 0 spiro atoms. The molecule has 0 atom stereocenters. The van der Waals surface area contributed by atoms with Gasteiger partial charge in [-0.3, -0.25) is 4.57 Å². The summed E-state index contributed by atoms with van der Waals surface area (Å²) in [6.07, 6.45) is 0. The highest BCUT2D eigenvalue weighted by molar-refractivity contribution is 9.11. The first kappa shape index (κ1) is 15.3. The molecule has 0 unspecified atom stereocenters. The summed E-state index contributed by atoms with van der Waals surface area (Å²) in [6.45, 7) is 0. The molecule has 0 bridgehead atoms. The van der Waals surface area contributed by atoms with Gasteiger partial charge in [-0.1, -0.05) is 27.5 Å². The molecule has 1 heterocycles. The molecule has 3 aromatic rings. The van der Waals surface area contributed by atoms with Gasteiger partial charge in [0.05, 0.1) is 27.6 Å². The summed E-state index contributed by atoms with van der Waals surface area (Å²) < 4.78 is 17.3. The number of nitrogens with zero attached hydrogens (tertiary/aromatic N) is 2. The Bertz CT molecular complexity index is 849. The number of benzene rings is 2. The van der Waals surface area contributed by atoms with Crippen molar-refractivity contribution in [3.63, 3.8) is 0 Å². The standard InChI is InChI=1S/C14H7Br2Cl2FN2/c15-7-1-2-8(16)12(3-7)21-13-4-9(18)10(19)5-11(13)20-14(21)6-17/h1-5H,6H2. The second kappa shape index (κ2) is 5.88. The lowest BCUT2D eigenvalue weighted by molar-refractivity contribution is 0.630. The fourth-order valence-electron chi connectivity index (χ4n) is 2.14. The van der Waals surface area contributed by atoms with Gasteiger partial charge in [-0.05, 0) is 40.2 Å². The van der Waals surface area contributed by atoms with Crippen molar-refractivity contribution >= 4 is 66.1 Å². The van der Waals surface area contributed by atoms with Crippen molar-refractivity contribution in [2.24, 2.45) is 0 Å². The van der Waals surface area contributed by atoms with E-state index in [2.05, 4.69) is 36.8 Å². The molecule has 3 rings (SSSR count). The number of hydrogen-bond donors (Lipinski definition) is 0. The highest BCUT2D eigenvalue weighted by Crippen LogP contribution is 2.32. The van der Waals surface area contributed by atoms with Crippen LogP contribution < -0.4 is 0 Å². The Morgan fingerprint density at radius 1 is 1.19 bits per heavy atom. The van der Waals surface area contributed by atoms with E-state index in [1.165, 1.54) is 6.07 Å². The number of fused-ring (bicyclic) bond motifs is 1. The molecule has 0 aliphatic heterocycles. The molecule has 108 valence electrons. The van der Waals surface area contributed by atoms with E-state index >= 15 is 0 Å². The Morgan fingerprint density at radius 2 is 1.95 bits per heavy atom. The van der Waals surface area contributed by atoms with E-state index in [1.807, 2.05) is 22.8 Å². The van der Waals surface area contributed by atoms with E-state index in [-0.39, 0.29) is 10.9 Å². The van der Waals surface area contributed by atoms with Crippen LogP contribution in [0.25, 0.3) is 16.7 Å². The van der Waals surface area contributed by atoms with Crippen molar-refractivity contribution in [2.75, 3.05) is 0 Å². The average molecular weight is 453 g/mol. The quantitative estimate of drug-likeness (QED) is 0.431. The fourth-order valence-corrected chi connectivity index (χ4v) is 3.25. The van der Waals surface area contributed by atoms with E-state index in [9.17, 15) is 4.39 Å². The van der Waals surface area contributed by atoms with Crippen LogP contribution in [-0.4, -0.2) is 9.55 Å². The van der Waals surface area contributed by atoms with Crippen LogP contribution in [0.1, 0.15) is 5.82 Å². The molecular weight excluding hydrogens is 446 g/mol. The van der Waals surface area contributed by atoms with E-state index in [4.69, 9.17) is 23.2 Å². The molecule has 0 aliphatic rings. The smallest absolute Gasteiger partial charge is 0.144 e. The van der Waals surface area contributed by atoms with Gasteiger partial charge in [-0.15, -0.1) is 11.6 Å². The first-order chi connectivity index (χ1) is 10.0. The largest absolute Gasteiger partial charge is 0.294 e. The second-order valence-corrected chi connectivity index (χ2v) is 6.79. The van der Waals surface area contributed by atoms with Crippen molar-refractivity contribution in [3.05, 3.63) is 55.9 Å². The third-order valence-corrected chi connectivity index (χ3v) is 4.73. The molecule has 0 N–H and O–H groups in total. The predicted octanol–water partition coefficient (Wildman–Crippen LogP) is 6.08. The molecule has 0 amide bonds. The third kappa shape index (κ3) is 2.72. The summed E-state index contributed by atoms with van der Waals surface area (Å²) in [5.74, 6) is 0.322. The van der Waals surface area contributed by atoms with Crippen molar-refractivity contribution in [1.29, 1.82) is 0 Å². The zero-order chi connectivity index (χ0) is 15.1. The Hall–Kier alpha value is -0.620. The molecule has 21 heavy (non-hydrogen) atoms. The van der Waals surface area contributed by atoms with Crippen LogP contribution in [0, 0.1) is 5.82 Å². The lowest BCUT2D eigenvalue weighted by atomic mass is 10.2. The zero-order valence-electron chi connectivity index (χ0n) is 10.4. The number of alkyl halides is 1. The molecule has 0 saturated carbocycles. The van der Waals surface area contributed by atoms with Crippen molar-refractivity contribution in [3.8, 4) is 5.69 Å². The highest BCUT2D eigenvalue weighted by atomic mass is 79.9. The van der Waals surface area contributed by atoms with Gasteiger partial charge in [0.1, 0.15) is 11.6 Å². The molecule has 0 fully saturated rings. The third-order valence-electron chi connectivity index (χ3n) is 3.03. The Labute approximate surface area is 147 Å². The number of rotatable bonds is 2. The predicted molar refractivity (Wildman–Crippen MR) is 91.0 cm³/mol. The zero-order valence-corrected chi connectivity index (χ0v) is 15.1. The summed E-state index contributed by atoms with van der Waals surface area (Å²) in [7, 11) is 0. The summed E-state index contributed by atoms with van der Waals surface area (Å²) >= 11 is 18.8. The summed E-state index contributed by atoms with van der Waals surface area (Å²) in [5, 5.41) is 0.0518. The molecule has 7 heteroatoms. The number of aromatic nitrogens is 2. The van der Waals surface area contributed by atoms with E-state index in [0.717, 1.165) is 14.6 Å². The Kier molecular flexibility index (Phi) is 4.28. The van der Waals surface area contributed by atoms with Crippen LogP contribution in [0.2, 0.25) is 5.02 Å². The van der Waals surface area contributed by atoms with Gasteiger partial charge in [0.2, 0.25) is 0 Å². The van der Waals surface area contributed by atoms with Crippen LogP contribution in [0.5, 0.6) is 0 Å². The maximum absolute atomic E-state index is 13.6. The van der Waals surface area contributed by atoms with Gasteiger partial charge in [0.25, 0.3) is 0 Å². The minimum absolute atomic E-state index is 0.0518. The van der Waals surface area contributed by atoms with Gasteiger partial charge in [-0.2, -0.15) is 0 Å². The fraction of sp³-hybridized carbons (Fsp3) is 0.0714. The van der Waals surface area contributed by atoms with Crippen LogP contribution in [-0.2, 0) is 5.88 Å².